The number of fused-ring (bicyclic) bond motifs is 2. The van der Waals surface area contributed by atoms with Gasteiger partial charge in [-0.1, -0.05) is 81.6 Å². The van der Waals surface area contributed by atoms with E-state index in [1.165, 1.54) is 9.80 Å². The number of hydrogen-bond acceptors (Lipinski definition) is 6. The molecule has 10 heteroatoms. The van der Waals surface area contributed by atoms with Crippen LogP contribution < -0.4 is 10.6 Å². The first-order valence-corrected chi connectivity index (χ1v) is 15.5. The van der Waals surface area contributed by atoms with Gasteiger partial charge in [-0.15, -0.1) is 0 Å². The lowest BCUT2D eigenvalue weighted by Gasteiger charge is -2.36. The highest BCUT2D eigenvalue weighted by Crippen LogP contribution is 2.46. The molecule has 0 radical (unpaired) electrons. The van der Waals surface area contributed by atoms with E-state index in [4.69, 9.17) is 4.74 Å². The fourth-order valence-corrected chi connectivity index (χ4v) is 6.64. The molecule has 232 valence electrons. The minimum atomic E-state index is -1.02. The van der Waals surface area contributed by atoms with E-state index in [-0.39, 0.29) is 43.2 Å². The Morgan fingerprint density at radius 3 is 2.50 bits per heavy atom. The van der Waals surface area contributed by atoms with Gasteiger partial charge in [0.2, 0.25) is 17.7 Å². The maximum absolute atomic E-state index is 14.3. The van der Waals surface area contributed by atoms with Crippen LogP contribution in [0.4, 0.5) is 10.5 Å². The summed E-state index contributed by atoms with van der Waals surface area (Å²) in [6.07, 6.45) is 3.35. The minimum Gasteiger partial charge on any atom is -0.445 e. The Balaban J connectivity index is 1.34. The predicted molar refractivity (Wildman–Crippen MR) is 164 cm³/mol. The number of nitrogens with one attached hydrogen (secondary N) is 2. The van der Waals surface area contributed by atoms with Gasteiger partial charge in [0.25, 0.3) is 0 Å². The van der Waals surface area contributed by atoms with Gasteiger partial charge < -0.3 is 25.2 Å². The van der Waals surface area contributed by atoms with Gasteiger partial charge in [0, 0.05) is 25.7 Å². The van der Waals surface area contributed by atoms with E-state index >= 15 is 0 Å². The summed E-state index contributed by atoms with van der Waals surface area (Å²) in [7, 11) is 1.59. The molecule has 3 aliphatic rings. The Morgan fingerprint density at radius 2 is 1.84 bits per heavy atom. The molecule has 0 unspecified atom stereocenters. The number of benzene rings is 2. The van der Waals surface area contributed by atoms with Crippen LogP contribution in [0, 0.1) is 23.2 Å². The standard InChI is InChI=1S/C34H41N5O5/c1-22(2)16-29(31(41)39-21-34(18-25(39)19-35)26-14-7-8-15-27(26)36-32(34)42)38(3)30(40)28(17-23-12-9-13-23)37-33(43)44-20-24-10-5-4-6-11-24/h4-8,10-11,14-15,22-23,25,28-29H,9,12-13,16-18,20-21H2,1-3H3,(H,36,42)(H,37,43)/t25-,28-,29-,34-/m0/s1. The first kappa shape index (κ1) is 31.0. The van der Waals surface area contributed by atoms with Crippen molar-refractivity contribution in [2.75, 3.05) is 18.9 Å². The quantitative estimate of drug-likeness (QED) is 0.417. The lowest BCUT2D eigenvalue weighted by atomic mass is 9.80. The third kappa shape index (κ3) is 6.28. The smallest absolute Gasteiger partial charge is 0.408 e. The fraction of sp³-hybridized carbons (Fsp3) is 0.500. The zero-order valence-corrected chi connectivity index (χ0v) is 25.6. The van der Waals surface area contributed by atoms with E-state index in [1.807, 2.05) is 68.4 Å². The predicted octanol–water partition coefficient (Wildman–Crippen LogP) is 4.36. The molecular weight excluding hydrogens is 558 g/mol. The molecule has 4 amide bonds. The highest BCUT2D eigenvalue weighted by atomic mass is 16.5. The number of likely N-dealkylation sites (N-methyl/N-ethyl adjacent to an activating group) is 1. The molecule has 1 saturated carbocycles. The topological polar surface area (TPSA) is 132 Å². The monoisotopic (exact) mass is 599 g/mol. The fourth-order valence-electron chi connectivity index (χ4n) is 6.64. The van der Waals surface area contributed by atoms with Crippen molar-refractivity contribution >= 4 is 29.5 Å². The molecular formula is C34H41N5O5. The second-order valence-electron chi connectivity index (χ2n) is 12.8. The Morgan fingerprint density at radius 1 is 1.14 bits per heavy atom. The summed E-state index contributed by atoms with van der Waals surface area (Å²) in [6.45, 7) is 4.07. The molecule has 0 bridgehead atoms. The number of amides is 4. The minimum absolute atomic E-state index is 0.0547. The van der Waals surface area contributed by atoms with Gasteiger partial charge in [-0.25, -0.2) is 4.79 Å². The van der Waals surface area contributed by atoms with Crippen LogP contribution >= 0.6 is 0 Å². The molecule has 0 aromatic heterocycles. The number of anilines is 1. The van der Waals surface area contributed by atoms with E-state index in [0.29, 0.717) is 24.4 Å². The van der Waals surface area contributed by atoms with Crippen LogP contribution in [0.1, 0.15) is 63.5 Å². The van der Waals surface area contributed by atoms with Crippen molar-refractivity contribution in [1.82, 2.24) is 15.1 Å². The number of likely N-dealkylation sites (tertiary alicyclic amines) is 1. The number of nitriles is 1. The molecule has 2 N–H and O–H groups in total. The summed E-state index contributed by atoms with van der Waals surface area (Å²) < 4.78 is 5.43. The van der Waals surface area contributed by atoms with Crippen molar-refractivity contribution in [1.29, 1.82) is 5.26 Å². The molecule has 5 rings (SSSR count). The lowest BCUT2D eigenvalue weighted by molar-refractivity contribution is -0.146. The second-order valence-corrected chi connectivity index (χ2v) is 12.8. The van der Waals surface area contributed by atoms with Gasteiger partial charge in [0.15, 0.2) is 0 Å². The summed E-state index contributed by atoms with van der Waals surface area (Å²) in [5.41, 5.74) is 1.29. The van der Waals surface area contributed by atoms with Gasteiger partial charge in [-0.3, -0.25) is 14.4 Å². The van der Waals surface area contributed by atoms with Crippen LogP contribution in [0.2, 0.25) is 0 Å². The van der Waals surface area contributed by atoms with Crippen molar-refractivity contribution in [2.45, 2.75) is 82.5 Å². The second kappa shape index (κ2) is 13.1. The van der Waals surface area contributed by atoms with E-state index in [1.54, 1.807) is 7.05 Å². The molecule has 1 saturated heterocycles. The summed E-state index contributed by atoms with van der Waals surface area (Å²) in [5, 5.41) is 15.8. The zero-order valence-electron chi connectivity index (χ0n) is 25.6. The third-order valence-electron chi connectivity index (χ3n) is 9.31. The van der Waals surface area contributed by atoms with Gasteiger partial charge in [0.05, 0.1) is 11.5 Å². The van der Waals surface area contributed by atoms with Gasteiger partial charge in [-0.2, -0.15) is 5.26 Å². The highest BCUT2D eigenvalue weighted by Gasteiger charge is 2.56. The molecule has 2 aromatic rings. The van der Waals surface area contributed by atoms with E-state index in [2.05, 4.69) is 16.7 Å². The largest absolute Gasteiger partial charge is 0.445 e. The Labute approximate surface area is 258 Å². The van der Waals surface area contributed by atoms with Crippen LogP contribution in [0.25, 0.3) is 0 Å². The number of hydrogen-bond donors (Lipinski definition) is 2. The molecule has 4 atom stereocenters. The molecule has 1 spiro atoms. The third-order valence-corrected chi connectivity index (χ3v) is 9.31. The van der Waals surface area contributed by atoms with Crippen molar-refractivity contribution in [3.05, 3.63) is 65.7 Å². The average molecular weight is 600 g/mol. The maximum atomic E-state index is 14.3. The maximum Gasteiger partial charge on any atom is 0.408 e. The van der Waals surface area contributed by atoms with Crippen molar-refractivity contribution in [3.8, 4) is 6.07 Å². The summed E-state index contributed by atoms with van der Waals surface area (Å²) in [5.74, 6) is -0.616. The molecule has 44 heavy (non-hydrogen) atoms. The van der Waals surface area contributed by atoms with Crippen LogP contribution in [0.3, 0.4) is 0 Å². The number of nitrogens with zero attached hydrogens (tertiary/aromatic N) is 3. The first-order chi connectivity index (χ1) is 21.1. The van der Waals surface area contributed by atoms with Crippen molar-refractivity contribution in [3.63, 3.8) is 0 Å². The highest BCUT2D eigenvalue weighted by molar-refractivity contribution is 6.07. The number of para-hydroxylation sites is 1. The molecule has 2 aromatic carbocycles. The van der Waals surface area contributed by atoms with E-state index < -0.39 is 29.6 Å². The van der Waals surface area contributed by atoms with Gasteiger partial charge in [0.1, 0.15) is 24.7 Å². The van der Waals surface area contributed by atoms with E-state index in [0.717, 1.165) is 30.4 Å². The Kier molecular flexibility index (Phi) is 9.23. The van der Waals surface area contributed by atoms with Crippen LogP contribution in [-0.2, 0) is 31.1 Å². The summed E-state index contributed by atoms with van der Waals surface area (Å²) in [4.78, 5) is 57.3. The SMILES string of the molecule is CC(C)C[C@@H](C(=O)N1C[C@]2(C[C@H]1C#N)C(=O)Nc1ccccc12)N(C)C(=O)[C@H](CC1CCC1)NC(=O)OCc1ccccc1. The number of alkyl carbamates (subject to hydrolysis) is 1. The van der Waals surface area contributed by atoms with Gasteiger partial charge in [-0.05, 0) is 41.9 Å². The molecule has 2 heterocycles. The van der Waals surface area contributed by atoms with Crippen LogP contribution in [0.15, 0.2) is 54.6 Å². The Hall–Kier alpha value is -4.39. The number of ether oxygens (including phenoxy) is 1. The van der Waals surface area contributed by atoms with Crippen LogP contribution in [-0.4, -0.2) is 65.3 Å². The van der Waals surface area contributed by atoms with Crippen molar-refractivity contribution < 1.29 is 23.9 Å². The van der Waals surface area contributed by atoms with Crippen LogP contribution in [0.5, 0.6) is 0 Å². The lowest BCUT2D eigenvalue weighted by Crippen LogP contribution is -2.56. The van der Waals surface area contributed by atoms with Gasteiger partial charge >= 0.3 is 6.09 Å². The number of carbonyl (C=O) groups is 4. The normalized spacial score (nSPS) is 22.0. The Bertz CT molecular complexity index is 1440. The number of rotatable bonds is 10. The average Bonchev–Trinajstić information content (AvgIpc) is 3.53. The zero-order chi connectivity index (χ0) is 31.4. The molecule has 1 aliphatic carbocycles. The first-order valence-electron chi connectivity index (χ1n) is 15.5. The summed E-state index contributed by atoms with van der Waals surface area (Å²) >= 11 is 0. The molecule has 2 aliphatic heterocycles. The molecule has 10 nitrogen and oxygen atoms in total. The summed E-state index contributed by atoms with van der Waals surface area (Å²) in [6, 6.07) is 16.3. The van der Waals surface area contributed by atoms with Crippen molar-refractivity contribution in [2.24, 2.45) is 11.8 Å². The molecule has 2 fully saturated rings. The van der Waals surface area contributed by atoms with E-state index in [9.17, 15) is 24.4 Å². The number of carbonyl (C=O) groups excluding carboxylic acids is 4.